The number of carbonyl (C=O) groups is 2. The Kier molecular flexibility index (Phi) is 5.44. The van der Waals surface area contributed by atoms with Gasteiger partial charge in [0.2, 0.25) is 0 Å². The van der Waals surface area contributed by atoms with Gasteiger partial charge in [-0.25, -0.2) is 9.18 Å². The van der Waals surface area contributed by atoms with Crippen molar-refractivity contribution < 1.29 is 18.7 Å². The van der Waals surface area contributed by atoms with Crippen LogP contribution in [0.15, 0.2) is 78.9 Å². The first-order valence-corrected chi connectivity index (χ1v) is 9.60. The van der Waals surface area contributed by atoms with E-state index in [2.05, 4.69) is 5.32 Å². The van der Waals surface area contributed by atoms with Gasteiger partial charge in [0.25, 0.3) is 5.91 Å². The molecule has 0 aliphatic carbocycles. The van der Waals surface area contributed by atoms with Gasteiger partial charge in [0.1, 0.15) is 11.9 Å². The summed E-state index contributed by atoms with van der Waals surface area (Å²) in [6.45, 7) is 0. The second-order valence-corrected chi connectivity index (χ2v) is 7.07. The summed E-state index contributed by atoms with van der Waals surface area (Å²) >= 11 is 0. The fourth-order valence-electron chi connectivity index (χ4n) is 3.68. The number of hydrogen-bond donors (Lipinski definition) is 1. The summed E-state index contributed by atoms with van der Waals surface area (Å²) < 4.78 is 18.1. The smallest absolute Gasteiger partial charge is 0.328 e. The molecule has 1 amide bonds. The molecule has 4 aromatic carbocycles. The number of esters is 1. The number of halogens is 1. The molecule has 0 aliphatic heterocycles. The molecule has 0 heterocycles. The average Bonchev–Trinajstić information content (AvgIpc) is 2.77. The van der Waals surface area contributed by atoms with E-state index in [-0.39, 0.29) is 18.1 Å². The van der Waals surface area contributed by atoms with Gasteiger partial charge in [-0.1, -0.05) is 60.7 Å². The SMILES string of the molecule is COC(=O)[C@H](Cc1ccc(F)cc1)NC(=O)c1c2ccccc2cc2ccccc12. The molecule has 0 radical (unpaired) electrons. The van der Waals surface area contributed by atoms with Gasteiger partial charge < -0.3 is 10.1 Å². The summed E-state index contributed by atoms with van der Waals surface area (Å²) in [4.78, 5) is 25.7. The minimum atomic E-state index is -0.898. The van der Waals surface area contributed by atoms with Gasteiger partial charge in [-0.3, -0.25) is 4.79 Å². The van der Waals surface area contributed by atoms with E-state index in [1.165, 1.54) is 19.2 Å². The highest BCUT2D eigenvalue weighted by Crippen LogP contribution is 2.28. The Morgan fingerprint density at radius 3 is 2.03 bits per heavy atom. The molecule has 0 fully saturated rings. The van der Waals surface area contributed by atoms with E-state index in [1.54, 1.807) is 12.1 Å². The van der Waals surface area contributed by atoms with Gasteiger partial charge in [0, 0.05) is 6.42 Å². The van der Waals surface area contributed by atoms with E-state index in [4.69, 9.17) is 4.74 Å². The molecule has 4 nitrogen and oxygen atoms in total. The maximum Gasteiger partial charge on any atom is 0.328 e. The Morgan fingerprint density at radius 2 is 1.47 bits per heavy atom. The van der Waals surface area contributed by atoms with E-state index in [0.717, 1.165) is 27.1 Å². The number of hydrogen-bond acceptors (Lipinski definition) is 3. The van der Waals surface area contributed by atoms with Crippen LogP contribution in [0.5, 0.6) is 0 Å². The molecule has 1 atom stereocenters. The zero-order chi connectivity index (χ0) is 21.1. The molecule has 0 spiro atoms. The predicted molar refractivity (Wildman–Crippen MR) is 115 cm³/mol. The summed E-state index contributed by atoms with van der Waals surface area (Å²) in [5, 5.41) is 6.31. The van der Waals surface area contributed by atoms with Crippen molar-refractivity contribution in [1.29, 1.82) is 0 Å². The molecule has 4 aromatic rings. The van der Waals surface area contributed by atoms with Gasteiger partial charge in [0.15, 0.2) is 0 Å². The Bertz CT molecular complexity index is 1180. The van der Waals surface area contributed by atoms with Crippen molar-refractivity contribution in [2.45, 2.75) is 12.5 Å². The lowest BCUT2D eigenvalue weighted by Crippen LogP contribution is -2.43. The monoisotopic (exact) mass is 401 g/mol. The molecule has 0 saturated carbocycles. The van der Waals surface area contributed by atoms with Crippen molar-refractivity contribution in [1.82, 2.24) is 5.32 Å². The van der Waals surface area contributed by atoms with Gasteiger partial charge in [-0.15, -0.1) is 0 Å². The van der Waals surface area contributed by atoms with Gasteiger partial charge in [0.05, 0.1) is 12.7 Å². The largest absolute Gasteiger partial charge is 0.467 e. The van der Waals surface area contributed by atoms with E-state index in [1.807, 2.05) is 54.6 Å². The minimum Gasteiger partial charge on any atom is -0.467 e. The van der Waals surface area contributed by atoms with Crippen LogP contribution in [0.3, 0.4) is 0 Å². The molecule has 1 N–H and O–H groups in total. The van der Waals surface area contributed by atoms with E-state index in [0.29, 0.717) is 5.56 Å². The maximum atomic E-state index is 13.4. The number of amides is 1. The Hall–Kier alpha value is -3.73. The maximum absolute atomic E-state index is 13.4. The van der Waals surface area contributed by atoms with Crippen molar-refractivity contribution in [2.75, 3.05) is 7.11 Å². The lowest BCUT2D eigenvalue weighted by molar-refractivity contribution is -0.142. The van der Waals surface area contributed by atoms with Crippen LogP contribution >= 0.6 is 0 Å². The fourth-order valence-corrected chi connectivity index (χ4v) is 3.68. The molecule has 0 unspecified atom stereocenters. The summed E-state index contributed by atoms with van der Waals surface area (Å²) in [7, 11) is 1.28. The van der Waals surface area contributed by atoms with Crippen LogP contribution in [0.25, 0.3) is 21.5 Å². The van der Waals surface area contributed by atoms with Crippen LogP contribution in [0, 0.1) is 5.82 Å². The molecule has 0 aliphatic rings. The molecular weight excluding hydrogens is 381 g/mol. The van der Waals surface area contributed by atoms with E-state index in [9.17, 15) is 14.0 Å². The van der Waals surface area contributed by atoms with Crippen molar-refractivity contribution in [2.24, 2.45) is 0 Å². The number of ether oxygens (including phenoxy) is 1. The van der Waals surface area contributed by atoms with E-state index < -0.39 is 12.0 Å². The van der Waals surface area contributed by atoms with Gasteiger partial charge in [-0.05, 0) is 45.3 Å². The molecule has 0 aromatic heterocycles. The van der Waals surface area contributed by atoms with Gasteiger partial charge in [-0.2, -0.15) is 0 Å². The molecule has 0 saturated heterocycles. The normalized spacial score (nSPS) is 11.9. The lowest BCUT2D eigenvalue weighted by Gasteiger charge is -2.18. The number of rotatable bonds is 5. The number of methoxy groups -OCH3 is 1. The molecule has 150 valence electrons. The minimum absolute atomic E-state index is 0.196. The van der Waals surface area contributed by atoms with Crippen molar-refractivity contribution >= 4 is 33.4 Å². The number of nitrogens with one attached hydrogen (secondary N) is 1. The van der Waals surface area contributed by atoms with Crippen LogP contribution < -0.4 is 5.32 Å². The van der Waals surface area contributed by atoms with Gasteiger partial charge >= 0.3 is 5.97 Å². The summed E-state index contributed by atoms with van der Waals surface area (Å²) in [6.07, 6.45) is 0.196. The fraction of sp³-hybridized carbons (Fsp3) is 0.120. The predicted octanol–water partition coefficient (Wildman–Crippen LogP) is 4.65. The lowest BCUT2D eigenvalue weighted by atomic mass is 9.95. The van der Waals surface area contributed by atoms with Crippen LogP contribution in [0.1, 0.15) is 15.9 Å². The first-order chi connectivity index (χ1) is 14.6. The highest BCUT2D eigenvalue weighted by Gasteiger charge is 2.24. The Labute approximate surface area is 173 Å². The second-order valence-electron chi connectivity index (χ2n) is 7.07. The quantitative estimate of drug-likeness (QED) is 0.391. The summed E-state index contributed by atoms with van der Waals surface area (Å²) in [6, 6.07) is 22.3. The zero-order valence-corrected chi connectivity index (χ0v) is 16.4. The number of fused-ring (bicyclic) bond motifs is 2. The van der Waals surface area contributed by atoms with Crippen LogP contribution in [-0.2, 0) is 16.0 Å². The summed E-state index contributed by atoms with van der Waals surface area (Å²) in [5.74, 6) is -1.28. The third kappa shape index (κ3) is 3.87. The molecule has 5 heteroatoms. The number of benzene rings is 4. The van der Waals surface area contributed by atoms with Crippen molar-refractivity contribution in [3.8, 4) is 0 Å². The van der Waals surface area contributed by atoms with Crippen LogP contribution in [0.2, 0.25) is 0 Å². The highest BCUT2D eigenvalue weighted by atomic mass is 19.1. The number of carbonyl (C=O) groups excluding carboxylic acids is 2. The second kappa shape index (κ2) is 8.33. The molecule has 0 bridgehead atoms. The van der Waals surface area contributed by atoms with Crippen molar-refractivity contribution in [3.05, 3.63) is 95.8 Å². The van der Waals surface area contributed by atoms with Crippen LogP contribution in [-0.4, -0.2) is 25.0 Å². The molecule has 4 rings (SSSR count). The van der Waals surface area contributed by atoms with Crippen LogP contribution in [0.4, 0.5) is 4.39 Å². The Morgan fingerprint density at radius 1 is 0.900 bits per heavy atom. The first-order valence-electron chi connectivity index (χ1n) is 9.60. The average molecular weight is 401 g/mol. The first kappa shape index (κ1) is 19.6. The summed E-state index contributed by atoms with van der Waals surface area (Å²) in [5.41, 5.74) is 1.23. The highest BCUT2D eigenvalue weighted by molar-refractivity contribution is 6.18. The topological polar surface area (TPSA) is 55.4 Å². The third-order valence-electron chi connectivity index (χ3n) is 5.14. The standard InChI is InChI=1S/C25H20FNO3/c1-30-25(29)22(14-16-10-12-19(26)13-11-16)27-24(28)23-20-8-4-2-6-17(20)15-18-7-3-5-9-21(18)23/h2-13,15,22H,14H2,1H3,(H,27,28)/t22-/m0/s1. The van der Waals surface area contributed by atoms with E-state index >= 15 is 0 Å². The zero-order valence-electron chi connectivity index (χ0n) is 16.4. The molecular formula is C25H20FNO3. The Balaban J connectivity index is 1.74. The third-order valence-corrected chi connectivity index (χ3v) is 5.14. The van der Waals surface area contributed by atoms with Crippen molar-refractivity contribution in [3.63, 3.8) is 0 Å². The molecule has 30 heavy (non-hydrogen) atoms.